The van der Waals surface area contributed by atoms with Crippen molar-refractivity contribution in [3.8, 4) is 23.0 Å². The monoisotopic (exact) mass is 602 g/mol. The highest BCUT2D eigenvalue weighted by Gasteiger charge is 2.32. The van der Waals surface area contributed by atoms with Crippen molar-refractivity contribution in [3.63, 3.8) is 0 Å². The van der Waals surface area contributed by atoms with Gasteiger partial charge in [-0.3, -0.25) is 19.4 Å². The van der Waals surface area contributed by atoms with Crippen LogP contribution >= 0.6 is 0 Å². The summed E-state index contributed by atoms with van der Waals surface area (Å²) in [6.07, 6.45) is -0.414. The quantitative estimate of drug-likeness (QED) is 0.329. The molecule has 4 aromatic rings. The first kappa shape index (κ1) is 28.1. The van der Waals surface area contributed by atoms with Crippen molar-refractivity contribution in [3.05, 3.63) is 67.4 Å². The number of hydrogen-bond donors (Lipinski definition) is 2. The minimum absolute atomic E-state index is 0.0353. The number of ketones is 2. The van der Waals surface area contributed by atoms with E-state index in [2.05, 4.69) is 9.80 Å². The van der Waals surface area contributed by atoms with Crippen LogP contribution in [-0.2, 0) is 13.1 Å². The van der Waals surface area contributed by atoms with Gasteiger partial charge in [0.15, 0.2) is 22.7 Å². The summed E-state index contributed by atoms with van der Waals surface area (Å²) < 4.78 is 22.3. The van der Waals surface area contributed by atoms with Crippen LogP contribution in [0.4, 0.5) is 0 Å². The lowest BCUT2D eigenvalue weighted by molar-refractivity contribution is 0.0861. The highest BCUT2D eigenvalue weighted by Crippen LogP contribution is 2.42. The zero-order valence-corrected chi connectivity index (χ0v) is 24.2. The van der Waals surface area contributed by atoms with Crippen molar-refractivity contribution < 1.29 is 38.1 Å². The Morgan fingerprint density at radius 2 is 1.05 bits per heavy atom. The summed E-state index contributed by atoms with van der Waals surface area (Å²) in [5.74, 6) is -0.279. The Morgan fingerprint density at radius 1 is 0.659 bits per heavy atom. The van der Waals surface area contributed by atoms with Crippen LogP contribution in [0.25, 0.3) is 21.9 Å². The third-order valence-electron chi connectivity index (χ3n) is 8.49. The van der Waals surface area contributed by atoms with Crippen molar-refractivity contribution >= 4 is 33.5 Å². The number of phenolic OH excluding ortho intramolecular Hbond substituents is 2. The van der Waals surface area contributed by atoms with E-state index in [1.165, 1.54) is 24.3 Å². The summed E-state index contributed by atoms with van der Waals surface area (Å²) >= 11 is 0. The molecule has 3 aliphatic rings. The van der Waals surface area contributed by atoms with Crippen molar-refractivity contribution in [1.29, 1.82) is 0 Å². The van der Waals surface area contributed by atoms with Crippen LogP contribution in [0.1, 0.15) is 58.5 Å². The molecule has 0 bridgehead atoms. The van der Waals surface area contributed by atoms with Crippen molar-refractivity contribution in [2.24, 2.45) is 0 Å². The van der Waals surface area contributed by atoms with Crippen LogP contribution in [0, 0.1) is 0 Å². The minimum atomic E-state index is -0.625. The summed E-state index contributed by atoms with van der Waals surface area (Å²) in [5, 5.41) is 22.4. The molecule has 0 aliphatic carbocycles. The SMILES string of the molecule is CC1CC(=O)c2c(cc(O)c3c(CN4CCN(Cc5cc(=O)oc6c7c(cc(O)c56)OC(C)CC7=O)CC4)cc(=O)oc23)O1. The minimum Gasteiger partial charge on any atom is -0.507 e. The third-order valence-corrected chi connectivity index (χ3v) is 8.49. The molecule has 44 heavy (non-hydrogen) atoms. The first-order chi connectivity index (χ1) is 21.0. The molecule has 0 radical (unpaired) electrons. The van der Waals surface area contributed by atoms with Crippen LogP contribution in [0.3, 0.4) is 0 Å². The zero-order valence-electron chi connectivity index (χ0n) is 24.2. The molecule has 7 rings (SSSR count). The van der Waals surface area contributed by atoms with Gasteiger partial charge < -0.3 is 28.5 Å². The molecule has 0 saturated carbocycles. The Kier molecular flexibility index (Phi) is 6.70. The van der Waals surface area contributed by atoms with E-state index in [9.17, 15) is 29.4 Å². The van der Waals surface area contributed by atoms with Crippen LogP contribution in [-0.4, -0.2) is 70.0 Å². The smallest absolute Gasteiger partial charge is 0.336 e. The Labute approximate surface area is 250 Å². The molecule has 1 fully saturated rings. The van der Waals surface area contributed by atoms with E-state index in [1.807, 2.05) is 0 Å². The summed E-state index contributed by atoms with van der Waals surface area (Å²) in [7, 11) is 0. The molecular formula is C32H30N2O10. The molecule has 2 aromatic heterocycles. The number of piperazine rings is 1. The molecular weight excluding hydrogens is 572 g/mol. The number of Topliss-reactive ketones (excluding diaryl/α,β-unsaturated/α-hetero) is 2. The van der Waals surface area contributed by atoms with Gasteiger partial charge in [-0.2, -0.15) is 0 Å². The van der Waals surface area contributed by atoms with Gasteiger partial charge >= 0.3 is 11.3 Å². The third kappa shape index (κ3) is 4.80. The van der Waals surface area contributed by atoms with E-state index in [0.29, 0.717) is 61.2 Å². The Hall–Kier alpha value is -4.68. The van der Waals surface area contributed by atoms with Gasteiger partial charge in [-0.05, 0) is 25.0 Å². The largest absolute Gasteiger partial charge is 0.507 e. The lowest BCUT2D eigenvalue weighted by Gasteiger charge is -2.35. The van der Waals surface area contributed by atoms with Crippen LogP contribution < -0.4 is 20.7 Å². The van der Waals surface area contributed by atoms with Crippen molar-refractivity contribution in [2.75, 3.05) is 26.2 Å². The number of carbonyl (C=O) groups excluding carboxylic acids is 2. The highest BCUT2D eigenvalue weighted by atomic mass is 16.5. The highest BCUT2D eigenvalue weighted by molar-refractivity contribution is 6.12. The number of fused-ring (bicyclic) bond motifs is 6. The summed E-state index contributed by atoms with van der Waals surface area (Å²) in [5.41, 5.74) is 0.248. The van der Waals surface area contributed by atoms with Crippen LogP contribution in [0.2, 0.25) is 0 Å². The van der Waals surface area contributed by atoms with Crippen molar-refractivity contribution in [1.82, 2.24) is 9.80 Å². The summed E-state index contributed by atoms with van der Waals surface area (Å²) in [6, 6.07) is 5.48. The van der Waals surface area contributed by atoms with E-state index in [0.717, 1.165) is 0 Å². The van der Waals surface area contributed by atoms with E-state index in [1.54, 1.807) is 13.8 Å². The molecule has 5 heterocycles. The van der Waals surface area contributed by atoms with Gasteiger partial charge in [-0.1, -0.05) is 0 Å². The Morgan fingerprint density at radius 3 is 1.43 bits per heavy atom. The number of nitrogens with zero attached hydrogens (tertiary/aromatic N) is 2. The number of phenols is 2. The lowest BCUT2D eigenvalue weighted by Crippen LogP contribution is -2.45. The second-order valence-corrected chi connectivity index (χ2v) is 11.8. The topological polar surface area (TPSA) is 160 Å². The average molecular weight is 603 g/mol. The molecule has 0 spiro atoms. The zero-order chi connectivity index (χ0) is 30.9. The lowest BCUT2D eigenvalue weighted by atomic mass is 9.96. The maximum atomic E-state index is 12.8. The second-order valence-electron chi connectivity index (χ2n) is 11.8. The van der Waals surface area contributed by atoms with Crippen LogP contribution in [0.5, 0.6) is 23.0 Å². The fourth-order valence-corrected chi connectivity index (χ4v) is 6.55. The van der Waals surface area contributed by atoms with Gasteiger partial charge in [-0.15, -0.1) is 0 Å². The van der Waals surface area contributed by atoms with Gasteiger partial charge in [0.2, 0.25) is 0 Å². The van der Waals surface area contributed by atoms with E-state index < -0.39 is 11.3 Å². The molecule has 228 valence electrons. The molecule has 2 atom stereocenters. The molecule has 12 heteroatoms. The van der Waals surface area contributed by atoms with Gasteiger partial charge in [0, 0.05) is 76.4 Å². The number of rotatable bonds is 4. The maximum absolute atomic E-state index is 12.8. The van der Waals surface area contributed by atoms with Gasteiger partial charge in [0.05, 0.1) is 10.8 Å². The van der Waals surface area contributed by atoms with Gasteiger partial charge in [0.25, 0.3) is 0 Å². The summed E-state index contributed by atoms with van der Waals surface area (Å²) in [4.78, 5) is 55.0. The molecule has 1 saturated heterocycles. The summed E-state index contributed by atoms with van der Waals surface area (Å²) in [6.45, 7) is 6.56. The Bertz CT molecular complexity index is 1840. The average Bonchev–Trinajstić information content (AvgIpc) is 2.92. The predicted molar refractivity (Wildman–Crippen MR) is 157 cm³/mol. The molecule has 2 aromatic carbocycles. The number of aromatic hydroxyl groups is 2. The number of carbonyl (C=O) groups is 2. The maximum Gasteiger partial charge on any atom is 0.336 e. The van der Waals surface area contributed by atoms with Gasteiger partial charge in [0.1, 0.15) is 46.3 Å². The molecule has 2 N–H and O–H groups in total. The number of benzene rings is 2. The van der Waals surface area contributed by atoms with E-state index in [4.69, 9.17) is 18.3 Å². The second kappa shape index (κ2) is 10.5. The fourth-order valence-electron chi connectivity index (χ4n) is 6.55. The number of hydrogen-bond acceptors (Lipinski definition) is 12. The molecule has 0 amide bonds. The Balaban J connectivity index is 1.13. The van der Waals surface area contributed by atoms with Gasteiger partial charge in [-0.25, -0.2) is 9.59 Å². The molecule has 3 aliphatic heterocycles. The van der Waals surface area contributed by atoms with E-state index >= 15 is 0 Å². The van der Waals surface area contributed by atoms with E-state index in [-0.39, 0.29) is 81.9 Å². The predicted octanol–water partition coefficient (Wildman–Crippen LogP) is 3.34. The first-order valence-electron chi connectivity index (χ1n) is 14.6. The number of ether oxygens (including phenoxy) is 2. The normalized spacial score (nSPS) is 20.8. The standard InChI is InChI=1S/C32H30N2O10/c1-15-7-19(35)29-23(41-15)11-21(37)27-17(9-25(39)43-31(27)29)13-33-3-5-34(6-4-33)14-18-10-26(40)44-32-28(18)22(38)12-24-30(32)20(36)8-16(2)42-24/h9-12,15-16,37-38H,3-8,13-14H2,1-2H3. The molecule has 2 unspecified atom stereocenters. The molecule has 12 nitrogen and oxygen atoms in total. The fraction of sp³-hybridized carbons (Fsp3) is 0.375. The van der Waals surface area contributed by atoms with Crippen molar-refractivity contribution in [2.45, 2.75) is 52.0 Å². The first-order valence-corrected chi connectivity index (χ1v) is 14.6. The van der Waals surface area contributed by atoms with Crippen LogP contribution in [0.15, 0.2) is 42.7 Å².